The molecule has 1 atom stereocenters. The molecule has 1 aliphatic heterocycles. The van der Waals surface area contributed by atoms with Crippen LogP contribution in [0.1, 0.15) is 12.2 Å². The maximum absolute atomic E-state index is 12.8. The monoisotopic (exact) mass is 498 g/mol. The fourth-order valence-electron chi connectivity index (χ4n) is 2.91. The second-order valence-corrected chi connectivity index (χ2v) is 9.41. The third kappa shape index (κ3) is 5.12. The van der Waals surface area contributed by atoms with E-state index in [0.29, 0.717) is 5.75 Å². The molecule has 1 N–H and O–H groups in total. The lowest BCUT2D eigenvalue weighted by Gasteiger charge is -2.22. The topological polar surface area (TPSA) is 114 Å². The van der Waals surface area contributed by atoms with E-state index in [0.717, 1.165) is 16.7 Å². The normalized spacial score (nSPS) is 16.2. The van der Waals surface area contributed by atoms with Gasteiger partial charge in [0.2, 0.25) is 0 Å². The Kier molecular flexibility index (Phi) is 7.42. The van der Waals surface area contributed by atoms with E-state index in [1.807, 2.05) is 6.26 Å². The van der Waals surface area contributed by atoms with Gasteiger partial charge in [0, 0.05) is 17.2 Å². The molecule has 1 aliphatic rings. The molecule has 1 unspecified atom stereocenters. The van der Waals surface area contributed by atoms with Gasteiger partial charge in [-0.15, -0.1) is 0 Å². The molecular formula is C19H15ClN2O6S3. The van der Waals surface area contributed by atoms with Crippen LogP contribution in [0.3, 0.4) is 0 Å². The Morgan fingerprint density at radius 3 is 2.84 bits per heavy atom. The number of thiocarbonyl (C=S) groups is 1. The number of amides is 1. The zero-order valence-corrected chi connectivity index (χ0v) is 19.1. The number of hydrogen-bond acceptors (Lipinski definition) is 8. The predicted octanol–water partition coefficient (Wildman–Crippen LogP) is 4.92. The highest BCUT2D eigenvalue weighted by molar-refractivity contribution is 8.26. The molecule has 0 bridgehead atoms. The second kappa shape index (κ2) is 9.86. The van der Waals surface area contributed by atoms with E-state index in [1.165, 1.54) is 36.0 Å². The van der Waals surface area contributed by atoms with Crippen LogP contribution < -0.4 is 0 Å². The molecule has 162 valence electrons. The molecule has 1 aromatic carbocycles. The van der Waals surface area contributed by atoms with Crippen molar-refractivity contribution in [3.8, 4) is 11.3 Å². The van der Waals surface area contributed by atoms with Crippen LogP contribution in [-0.4, -0.2) is 49.2 Å². The lowest BCUT2D eigenvalue weighted by Crippen LogP contribution is -2.44. The SMILES string of the molecule is CSCCC(C(=O)O)N1C(=O)C(=Cc2ccc(-c3ccc(Cl)cc3[N+](=O)[O-])o2)SC1=S. The van der Waals surface area contributed by atoms with Gasteiger partial charge in [-0.1, -0.05) is 35.6 Å². The number of nitrogens with zero attached hydrogens (tertiary/aromatic N) is 2. The van der Waals surface area contributed by atoms with Crippen LogP contribution in [0.4, 0.5) is 5.69 Å². The minimum Gasteiger partial charge on any atom is -0.480 e. The van der Waals surface area contributed by atoms with Gasteiger partial charge in [0.25, 0.3) is 11.6 Å². The number of aliphatic carboxylic acids is 1. The van der Waals surface area contributed by atoms with Gasteiger partial charge >= 0.3 is 5.97 Å². The molecule has 0 aliphatic carbocycles. The summed E-state index contributed by atoms with van der Waals surface area (Å²) < 4.78 is 5.84. The fourth-order valence-corrected chi connectivity index (χ4v) is 4.87. The first-order chi connectivity index (χ1) is 14.7. The van der Waals surface area contributed by atoms with Crippen molar-refractivity contribution < 1.29 is 24.0 Å². The number of halogens is 1. The van der Waals surface area contributed by atoms with E-state index in [9.17, 15) is 24.8 Å². The summed E-state index contributed by atoms with van der Waals surface area (Å²) in [5.74, 6) is -0.570. The first kappa shape index (κ1) is 23.3. The maximum atomic E-state index is 12.8. The number of thioether (sulfide) groups is 2. The average molecular weight is 499 g/mol. The van der Waals surface area contributed by atoms with Crippen LogP contribution in [0.2, 0.25) is 5.02 Å². The molecule has 31 heavy (non-hydrogen) atoms. The Hall–Kier alpha value is -2.34. The van der Waals surface area contributed by atoms with Crippen LogP contribution in [0.5, 0.6) is 0 Å². The minimum atomic E-state index is -1.12. The van der Waals surface area contributed by atoms with E-state index in [2.05, 4.69) is 0 Å². The van der Waals surface area contributed by atoms with Crippen molar-refractivity contribution in [1.29, 1.82) is 0 Å². The van der Waals surface area contributed by atoms with Crippen molar-refractivity contribution in [3.63, 3.8) is 0 Å². The zero-order valence-electron chi connectivity index (χ0n) is 15.9. The number of nitro groups is 1. The van der Waals surface area contributed by atoms with E-state index >= 15 is 0 Å². The molecule has 1 fully saturated rings. The number of nitro benzene ring substituents is 1. The molecule has 0 radical (unpaired) electrons. The summed E-state index contributed by atoms with van der Waals surface area (Å²) in [5.41, 5.74) is 0.0300. The Balaban J connectivity index is 1.88. The molecule has 2 aromatic rings. The van der Waals surface area contributed by atoms with E-state index in [-0.39, 0.29) is 43.4 Å². The minimum absolute atomic E-state index is 0.157. The van der Waals surface area contributed by atoms with E-state index < -0.39 is 22.8 Å². The van der Waals surface area contributed by atoms with Crippen molar-refractivity contribution in [2.45, 2.75) is 12.5 Å². The van der Waals surface area contributed by atoms with Gasteiger partial charge in [-0.25, -0.2) is 4.79 Å². The molecule has 1 saturated heterocycles. The smallest absolute Gasteiger partial charge is 0.326 e. The van der Waals surface area contributed by atoms with Gasteiger partial charge in [-0.3, -0.25) is 19.8 Å². The Labute approximate surface area is 195 Å². The van der Waals surface area contributed by atoms with Crippen LogP contribution >= 0.6 is 47.3 Å². The molecule has 12 heteroatoms. The van der Waals surface area contributed by atoms with Gasteiger partial charge in [-0.05, 0) is 42.7 Å². The Morgan fingerprint density at radius 1 is 1.45 bits per heavy atom. The van der Waals surface area contributed by atoms with Gasteiger partial charge in [0.1, 0.15) is 21.9 Å². The number of carbonyl (C=O) groups excluding carboxylic acids is 1. The number of carbonyl (C=O) groups is 2. The highest BCUT2D eigenvalue weighted by atomic mass is 35.5. The van der Waals surface area contributed by atoms with Gasteiger partial charge in [0.05, 0.1) is 15.4 Å². The number of carboxylic acid groups (broad SMARTS) is 1. The molecule has 3 rings (SSSR count). The molecule has 1 amide bonds. The lowest BCUT2D eigenvalue weighted by molar-refractivity contribution is -0.384. The number of rotatable bonds is 8. The maximum Gasteiger partial charge on any atom is 0.326 e. The summed E-state index contributed by atoms with van der Waals surface area (Å²) in [6.45, 7) is 0. The van der Waals surface area contributed by atoms with Crippen LogP contribution in [0, 0.1) is 10.1 Å². The van der Waals surface area contributed by atoms with Crippen LogP contribution in [0.25, 0.3) is 17.4 Å². The summed E-state index contributed by atoms with van der Waals surface area (Å²) in [4.78, 5) is 36.5. The largest absolute Gasteiger partial charge is 0.480 e. The Bertz CT molecular complexity index is 1100. The fraction of sp³-hybridized carbons (Fsp3) is 0.211. The highest BCUT2D eigenvalue weighted by Crippen LogP contribution is 2.37. The number of benzene rings is 1. The number of furan rings is 1. The molecule has 0 saturated carbocycles. The second-order valence-electron chi connectivity index (χ2n) is 6.31. The summed E-state index contributed by atoms with van der Waals surface area (Å²) >= 11 is 13.5. The first-order valence-corrected chi connectivity index (χ1v) is 11.8. The van der Waals surface area contributed by atoms with Gasteiger partial charge in [-0.2, -0.15) is 11.8 Å². The van der Waals surface area contributed by atoms with Crippen molar-refractivity contribution in [1.82, 2.24) is 4.90 Å². The molecule has 0 spiro atoms. The molecule has 1 aromatic heterocycles. The summed E-state index contributed by atoms with van der Waals surface area (Å²) in [5, 5.41) is 21.1. The van der Waals surface area contributed by atoms with Crippen LogP contribution in [-0.2, 0) is 9.59 Å². The number of carboxylic acids is 1. The molecule has 8 nitrogen and oxygen atoms in total. The highest BCUT2D eigenvalue weighted by Gasteiger charge is 2.40. The lowest BCUT2D eigenvalue weighted by atomic mass is 10.1. The predicted molar refractivity (Wildman–Crippen MR) is 125 cm³/mol. The van der Waals surface area contributed by atoms with Crippen molar-refractivity contribution in [2.75, 3.05) is 12.0 Å². The quantitative estimate of drug-likeness (QED) is 0.234. The van der Waals surface area contributed by atoms with Crippen molar-refractivity contribution in [3.05, 3.63) is 56.1 Å². The Morgan fingerprint density at radius 2 is 2.19 bits per heavy atom. The van der Waals surface area contributed by atoms with Gasteiger partial charge < -0.3 is 9.52 Å². The van der Waals surface area contributed by atoms with E-state index in [4.69, 9.17) is 28.2 Å². The van der Waals surface area contributed by atoms with Crippen molar-refractivity contribution in [2.24, 2.45) is 0 Å². The number of hydrogen-bond donors (Lipinski definition) is 1. The zero-order chi connectivity index (χ0) is 22.7. The molecular weight excluding hydrogens is 484 g/mol. The summed E-state index contributed by atoms with van der Waals surface area (Å²) in [6, 6.07) is 6.27. The van der Waals surface area contributed by atoms with E-state index in [1.54, 1.807) is 12.1 Å². The summed E-state index contributed by atoms with van der Waals surface area (Å²) in [7, 11) is 0. The first-order valence-electron chi connectivity index (χ1n) is 8.76. The standard InChI is InChI=1S/C19H15ClN2O6S3/c1-30-7-6-13(18(24)25)21-17(23)16(31-19(21)29)9-11-3-5-15(28-11)12-4-2-10(20)8-14(12)22(26)27/h2-5,8-9,13H,6-7H2,1H3,(H,24,25). The average Bonchev–Trinajstić information content (AvgIpc) is 3.27. The van der Waals surface area contributed by atoms with Crippen LogP contribution in [0.15, 0.2) is 39.7 Å². The summed E-state index contributed by atoms with van der Waals surface area (Å²) in [6.07, 6.45) is 3.56. The third-order valence-electron chi connectivity index (χ3n) is 4.34. The molecule has 2 heterocycles. The van der Waals surface area contributed by atoms with Crippen molar-refractivity contribution >= 4 is 75.3 Å². The third-order valence-corrected chi connectivity index (χ3v) is 6.55. The van der Waals surface area contributed by atoms with Gasteiger partial charge in [0.15, 0.2) is 0 Å².